The molecule has 22 nitrogen and oxygen atoms in total. The Hall–Kier alpha value is -6.16. The van der Waals surface area contributed by atoms with Gasteiger partial charge in [0.2, 0.25) is 59.1 Å². The number of likely N-dealkylation sites (N-methyl/N-ethyl adjacent to an activating group) is 6. The molecule has 1 heterocycles. The molecule has 10 amide bonds. The number of carbonyl (C=O) groups is 10. The lowest BCUT2D eigenvalue weighted by Gasteiger charge is -2.37. The second-order valence-corrected chi connectivity index (χ2v) is 25.6. The van der Waals surface area contributed by atoms with Gasteiger partial charge in [0.25, 0.3) is 0 Å². The highest BCUT2D eigenvalue weighted by Gasteiger charge is 2.43. The van der Waals surface area contributed by atoms with E-state index in [9.17, 15) is 48.3 Å². The largest absolute Gasteiger partial charge is 0.391 e. The number of ether oxygens (including phenoxy) is 1. The highest BCUT2D eigenvalue weighted by molar-refractivity contribution is 5.98. The predicted molar refractivity (Wildman–Crippen MR) is 319 cm³/mol. The molecule has 0 bridgehead atoms. The van der Waals surface area contributed by atoms with E-state index in [-0.39, 0.29) is 56.5 Å². The first kappa shape index (κ1) is 72.9. The molecule has 1 aromatic rings. The Labute approximate surface area is 495 Å². The van der Waals surface area contributed by atoms with Gasteiger partial charge in [-0.05, 0) is 89.0 Å². The molecule has 0 saturated carbocycles. The van der Waals surface area contributed by atoms with Crippen molar-refractivity contribution in [3.63, 3.8) is 0 Å². The number of nitrogens with zero attached hydrogens (tertiary/aromatic N) is 6. The van der Waals surface area contributed by atoms with Crippen LogP contribution in [0.2, 0.25) is 0 Å². The average Bonchev–Trinajstić information content (AvgIpc) is 3.55. The van der Waals surface area contributed by atoms with Crippen molar-refractivity contribution in [3.8, 4) is 0 Å². The molecule has 1 aromatic carbocycles. The maximum atomic E-state index is 15.0. The minimum absolute atomic E-state index is 0.0229. The summed E-state index contributed by atoms with van der Waals surface area (Å²) >= 11 is 0. The van der Waals surface area contributed by atoms with Crippen molar-refractivity contribution >= 4 is 59.1 Å². The smallest absolute Gasteiger partial charge is 0.248 e. The van der Waals surface area contributed by atoms with Crippen molar-refractivity contribution in [1.29, 1.82) is 0 Å². The molecule has 470 valence electrons. The van der Waals surface area contributed by atoms with Crippen LogP contribution in [0, 0.1) is 29.6 Å². The van der Waals surface area contributed by atoms with E-state index in [2.05, 4.69) is 21.3 Å². The van der Waals surface area contributed by atoms with E-state index in [4.69, 9.17) is 4.74 Å². The predicted octanol–water partition coefficient (Wildman–Crippen LogP) is 3.22. The molecular weight excluding hydrogens is 1060 g/mol. The molecule has 22 heteroatoms. The van der Waals surface area contributed by atoms with E-state index in [1.54, 1.807) is 60.6 Å². The van der Waals surface area contributed by atoms with Crippen molar-refractivity contribution in [2.24, 2.45) is 29.6 Å². The number of nitrogens with one attached hydrogen (secondary N) is 4. The van der Waals surface area contributed by atoms with Crippen molar-refractivity contribution in [3.05, 3.63) is 35.9 Å². The molecule has 11 atom stereocenters. The Kier molecular flexibility index (Phi) is 28.8. The fourth-order valence-electron chi connectivity index (χ4n) is 10.2. The van der Waals surface area contributed by atoms with Gasteiger partial charge in [0.05, 0.1) is 24.9 Å². The van der Waals surface area contributed by atoms with Crippen LogP contribution in [0.25, 0.3) is 0 Å². The second kappa shape index (κ2) is 32.8. The number of aliphatic hydroxyl groups is 1. The molecule has 0 radical (unpaired) electrons. The van der Waals surface area contributed by atoms with Crippen LogP contribution < -0.4 is 21.3 Å². The maximum absolute atomic E-state index is 15.0. The lowest BCUT2D eigenvalue weighted by atomic mass is 9.96. The maximum Gasteiger partial charge on any atom is 0.248 e. The molecule has 1 saturated heterocycles. The van der Waals surface area contributed by atoms with Crippen LogP contribution in [0.3, 0.4) is 0 Å². The molecule has 1 aliphatic rings. The molecule has 1 aliphatic heterocycles. The van der Waals surface area contributed by atoms with Crippen LogP contribution in [0.5, 0.6) is 0 Å². The number of hydrogen-bond acceptors (Lipinski definition) is 12. The molecule has 83 heavy (non-hydrogen) atoms. The summed E-state index contributed by atoms with van der Waals surface area (Å²) in [6.45, 7) is 25.6. The van der Waals surface area contributed by atoms with Crippen LogP contribution in [0.4, 0.5) is 0 Å². The quantitative estimate of drug-likeness (QED) is 0.180. The van der Waals surface area contributed by atoms with Crippen molar-refractivity contribution < 1.29 is 57.8 Å². The van der Waals surface area contributed by atoms with Gasteiger partial charge in [-0.25, -0.2) is 0 Å². The second-order valence-electron chi connectivity index (χ2n) is 25.6. The molecule has 0 aliphatic carbocycles. The molecule has 0 spiro atoms. The monoisotopic (exact) mass is 1170 g/mol. The molecular formula is C61H104N10O12. The van der Waals surface area contributed by atoms with E-state index in [0.717, 1.165) is 4.90 Å². The van der Waals surface area contributed by atoms with Gasteiger partial charge >= 0.3 is 0 Å². The Bertz CT molecular complexity index is 2360. The van der Waals surface area contributed by atoms with Crippen molar-refractivity contribution in [2.75, 3.05) is 55.4 Å². The first-order valence-electron chi connectivity index (χ1n) is 29.5. The third-order valence-electron chi connectivity index (χ3n) is 15.3. The van der Waals surface area contributed by atoms with E-state index in [0.29, 0.717) is 12.0 Å². The topological polar surface area (TPSA) is 268 Å². The summed E-state index contributed by atoms with van der Waals surface area (Å²) in [5.74, 6) is -8.08. The van der Waals surface area contributed by atoms with E-state index >= 15 is 4.79 Å². The van der Waals surface area contributed by atoms with Gasteiger partial charge in [0.15, 0.2) is 0 Å². The van der Waals surface area contributed by atoms with E-state index in [1.807, 2.05) is 66.7 Å². The Morgan fingerprint density at radius 3 is 1.55 bits per heavy atom. The summed E-state index contributed by atoms with van der Waals surface area (Å²) < 4.78 is 6.08. The zero-order valence-electron chi connectivity index (χ0n) is 53.8. The van der Waals surface area contributed by atoms with Gasteiger partial charge in [0, 0.05) is 61.2 Å². The number of carbonyl (C=O) groups excluding carboxylic acids is 10. The van der Waals surface area contributed by atoms with Gasteiger partial charge in [-0.2, -0.15) is 0 Å². The highest BCUT2D eigenvalue weighted by atomic mass is 16.5. The Morgan fingerprint density at radius 2 is 1.05 bits per heavy atom. The summed E-state index contributed by atoms with van der Waals surface area (Å²) in [6.07, 6.45) is -0.899. The highest BCUT2D eigenvalue weighted by Crippen LogP contribution is 2.23. The standard InChI is InChI=1S/C61H104N10O12/c1-22-39(10)52-56(78)64-44(34-83-61(13,14)15)58(80)71(21)51(38(8)9)55(77)62-40(11)31-48(73)67(17)47(30-37(6)7)59(81)69(19)46(32-42-26-24-23-25-27-42)53(75)63-43(28-35(2)3)57(79)68(18)45(29-36(4)5)54(76)65-50(41(12)72)60(82)66(16)33-49(74)70(52)20/h23-27,35-41,43-47,50-52,72H,22,28-34H2,1-21H3,(H,62,77)(H,63,75)(H,64,78)(H,65,76)/t39-,40-,41+,43-,44-,45-,46-,47-,50-,51-,52-/m0/s1. The summed E-state index contributed by atoms with van der Waals surface area (Å²) in [6, 6.07) is -1.81. The summed E-state index contributed by atoms with van der Waals surface area (Å²) in [7, 11) is 8.54. The SMILES string of the molecule is CC[C@H](C)[C@H]1C(=O)N[C@@H](COC(C)(C)C)C(=O)N(C)[C@@H](C(C)C)C(=O)N[C@@H](C)CC(=O)N(C)[C@@H](CC(C)C)C(=O)N(C)[C@@H](Cc2ccccc2)C(=O)N[C@@H](CC(C)C)C(=O)N(C)[C@@H](CC(C)C)C(=O)N[C@@H]([C@@H](C)O)C(=O)N(C)CC(=O)N1C. The molecule has 2 rings (SSSR count). The number of aliphatic hydroxyl groups excluding tert-OH is 1. The number of hydrogen-bond donors (Lipinski definition) is 5. The molecule has 0 aromatic heterocycles. The summed E-state index contributed by atoms with van der Waals surface area (Å²) in [4.78, 5) is 153. The van der Waals surface area contributed by atoms with Gasteiger partial charge in [-0.3, -0.25) is 47.9 Å². The lowest BCUT2D eigenvalue weighted by Crippen LogP contribution is -2.62. The molecule has 0 unspecified atom stereocenters. The Morgan fingerprint density at radius 1 is 0.554 bits per heavy atom. The average molecular weight is 1170 g/mol. The van der Waals surface area contributed by atoms with Crippen LogP contribution >= 0.6 is 0 Å². The van der Waals surface area contributed by atoms with Crippen LogP contribution in [0.15, 0.2) is 30.3 Å². The summed E-state index contributed by atoms with van der Waals surface area (Å²) in [5.41, 5.74) is -0.0763. The first-order chi connectivity index (χ1) is 38.4. The fraction of sp³-hybridized carbons (Fsp3) is 0.738. The van der Waals surface area contributed by atoms with Crippen molar-refractivity contribution in [2.45, 2.75) is 208 Å². The number of benzene rings is 1. The number of rotatable bonds is 14. The third-order valence-corrected chi connectivity index (χ3v) is 15.3. The number of amides is 10. The van der Waals surface area contributed by atoms with Gasteiger partial charge in [-0.15, -0.1) is 0 Å². The zero-order chi connectivity index (χ0) is 63.7. The minimum atomic E-state index is -1.61. The van der Waals surface area contributed by atoms with Crippen LogP contribution in [-0.4, -0.2) is 215 Å². The van der Waals surface area contributed by atoms with Gasteiger partial charge < -0.3 is 60.5 Å². The van der Waals surface area contributed by atoms with Crippen molar-refractivity contribution in [1.82, 2.24) is 50.7 Å². The summed E-state index contributed by atoms with van der Waals surface area (Å²) in [5, 5.41) is 22.4. The molecule has 5 N–H and O–H groups in total. The van der Waals surface area contributed by atoms with Gasteiger partial charge in [0.1, 0.15) is 48.3 Å². The zero-order valence-corrected chi connectivity index (χ0v) is 53.8. The van der Waals surface area contributed by atoms with Crippen LogP contribution in [-0.2, 0) is 59.1 Å². The minimum Gasteiger partial charge on any atom is -0.391 e. The normalized spacial score (nSPS) is 25.9. The lowest BCUT2D eigenvalue weighted by molar-refractivity contribution is -0.149. The van der Waals surface area contributed by atoms with E-state index < -0.39 is 144 Å². The van der Waals surface area contributed by atoms with Crippen LogP contribution in [0.1, 0.15) is 142 Å². The fourth-order valence-corrected chi connectivity index (χ4v) is 10.2. The first-order valence-corrected chi connectivity index (χ1v) is 29.5. The third kappa shape index (κ3) is 21.8. The van der Waals surface area contributed by atoms with Gasteiger partial charge in [-0.1, -0.05) is 106 Å². The molecule has 1 fully saturated rings. The Balaban J connectivity index is 2.97. The van der Waals surface area contributed by atoms with E-state index in [1.165, 1.54) is 73.7 Å².